The summed E-state index contributed by atoms with van der Waals surface area (Å²) in [5.41, 5.74) is 0. The number of sulfone groups is 1. The molecule has 2 aromatic rings. The van der Waals surface area contributed by atoms with Gasteiger partial charge in [0.15, 0.2) is 0 Å². The molecule has 0 amide bonds. The number of ether oxygens (including phenoxy) is 4. The fraction of sp³-hybridized carbons (Fsp3) is 0.400. The van der Waals surface area contributed by atoms with E-state index < -0.39 is 9.84 Å². The molecule has 0 N–H and O–H groups in total. The van der Waals surface area contributed by atoms with Crippen LogP contribution in [0.3, 0.4) is 0 Å². The first kappa shape index (κ1) is 30.0. The summed E-state index contributed by atoms with van der Waals surface area (Å²) in [7, 11) is -0.646. The minimum atomic E-state index is -3.84. The number of hydrogen-bond acceptors (Lipinski definition) is 6. The van der Waals surface area contributed by atoms with Crippen molar-refractivity contribution in [3.8, 4) is 11.5 Å². The molecular formula is C20H20Br6O6S. The molecule has 2 aromatic carbocycles. The van der Waals surface area contributed by atoms with Gasteiger partial charge in [-0.1, -0.05) is 31.9 Å². The highest BCUT2D eigenvalue weighted by Gasteiger charge is 2.24. The predicted molar refractivity (Wildman–Crippen MR) is 149 cm³/mol. The minimum absolute atomic E-state index is 0.101. The average Bonchev–Trinajstić information content (AvgIpc) is 2.77. The molecule has 0 saturated heterocycles. The van der Waals surface area contributed by atoms with E-state index in [1.165, 1.54) is 24.3 Å². The van der Waals surface area contributed by atoms with Crippen LogP contribution in [-0.2, 0) is 19.3 Å². The van der Waals surface area contributed by atoms with Crippen molar-refractivity contribution in [2.75, 3.05) is 38.1 Å². The third kappa shape index (κ3) is 7.88. The van der Waals surface area contributed by atoms with Gasteiger partial charge in [-0.2, -0.15) is 0 Å². The highest BCUT2D eigenvalue weighted by atomic mass is 79.9. The molecule has 0 aliphatic rings. The van der Waals surface area contributed by atoms with Gasteiger partial charge in [-0.3, -0.25) is 0 Å². The standard InChI is InChI=1S/C20H20Br6O6S/c1-29-11(7-21)9-31-19-15(23)3-13(4-16(19)24)33(27,28)14-5-17(25)20(18(26)6-14)32-10-12(8-22)30-2/h3-6,11-12H,7-10H2,1-2H3. The van der Waals surface area contributed by atoms with Gasteiger partial charge in [0, 0.05) is 24.9 Å². The van der Waals surface area contributed by atoms with Crippen molar-refractivity contribution >= 4 is 105 Å². The van der Waals surface area contributed by atoms with Crippen molar-refractivity contribution < 1.29 is 27.4 Å². The summed E-state index contributed by atoms with van der Waals surface area (Å²) in [6.45, 7) is 0.594. The Labute approximate surface area is 244 Å². The van der Waals surface area contributed by atoms with Crippen molar-refractivity contribution in [2.24, 2.45) is 0 Å². The number of hydrogen-bond donors (Lipinski definition) is 0. The second-order valence-corrected chi connectivity index (χ2v) is 13.2. The third-order valence-corrected chi connectivity index (χ3v) is 9.92. The minimum Gasteiger partial charge on any atom is -0.488 e. The van der Waals surface area contributed by atoms with Gasteiger partial charge in [0.1, 0.15) is 36.9 Å². The molecule has 0 saturated carbocycles. The molecule has 13 heteroatoms. The lowest BCUT2D eigenvalue weighted by atomic mass is 10.3. The van der Waals surface area contributed by atoms with Crippen LogP contribution in [0.25, 0.3) is 0 Å². The van der Waals surface area contributed by atoms with Gasteiger partial charge >= 0.3 is 0 Å². The fourth-order valence-corrected chi connectivity index (χ4v) is 8.20. The zero-order valence-electron chi connectivity index (χ0n) is 17.4. The molecule has 2 unspecified atom stereocenters. The van der Waals surface area contributed by atoms with Crippen molar-refractivity contribution in [1.29, 1.82) is 0 Å². The molecule has 0 bridgehead atoms. The van der Waals surface area contributed by atoms with Crippen LogP contribution in [0.15, 0.2) is 51.9 Å². The smallest absolute Gasteiger partial charge is 0.206 e. The van der Waals surface area contributed by atoms with Gasteiger partial charge in [-0.05, 0) is 88.0 Å². The first-order valence-corrected chi connectivity index (χ1v) is 16.1. The number of methoxy groups -OCH3 is 2. The molecule has 0 spiro atoms. The number of halogens is 6. The molecule has 0 aromatic heterocycles. The highest BCUT2D eigenvalue weighted by molar-refractivity contribution is 9.11. The second kappa shape index (κ2) is 13.9. The fourth-order valence-electron chi connectivity index (χ4n) is 2.50. The number of rotatable bonds is 12. The van der Waals surface area contributed by atoms with Crippen molar-refractivity contribution in [3.05, 3.63) is 42.2 Å². The molecule has 6 nitrogen and oxygen atoms in total. The molecule has 2 atom stereocenters. The normalized spacial score (nSPS) is 13.6. The summed E-state index contributed by atoms with van der Waals surface area (Å²) in [5, 5.41) is 1.22. The van der Waals surface area contributed by atoms with Crippen LogP contribution >= 0.6 is 95.6 Å². The van der Waals surface area contributed by atoms with E-state index in [0.29, 0.717) is 53.3 Å². The molecule has 184 valence electrons. The van der Waals surface area contributed by atoms with Gasteiger partial charge in [-0.25, -0.2) is 8.42 Å². The SMILES string of the molecule is COC(CBr)COc1c(Br)cc(S(=O)(=O)c2cc(Br)c(OCC(CBr)OC)c(Br)c2)cc1Br. The number of benzene rings is 2. The lowest BCUT2D eigenvalue weighted by Gasteiger charge is -2.17. The molecule has 33 heavy (non-hydrogen) atoms. The topological polar surface area (TPSA) is 71.1 Å². The molecule has 0 radical (unpaired) electrons. The van der Waals surface area contributed by atoms with Crippen LogP contribution in [0.2, 0.25) is 0 Å². The first-order valence-electron chi connectivity index (χ1n) is 9.25. The Bertz CT molecular complexity index is 933. The highest BCUT2D eigenvalue weighted by Crippen LogP contribution is 2.41. The largest absolute Gasteiger partial charge is 0.488 e. The van der Waals surface area contributed by atoms with Crippen LogP contribution in [0.4, 0.5) is 0 Å². The third-order valence-electron chi connectivity index (χ3n) is 4.40. The van der Waals surface area contributed by atoms with E-state index >= 15 is 0 Å². The lowest BCUT2D eigenvalue weighted by Crippen LogP contribution is -2.22. The summed E-state index contributed by atoms with van der Waals surface area (Å²) < 4.78 is 50.9. The van der Waals surface area contributed by atoms with Crippen LogP contribution in [0, 0.1) is 0 Å². The Morgan fingerprint density at radius 2 is 1.00 bits per heavy atom. The maximum Gasteiger partial charge on any atom is 0.206 e. The average molecular weight is 868 g/mol. The van der Waals surface area contributed by atoms with E-state index in [9.17, 15) is 8.42 Å². The Morgan fingerprint density at radius 3 is 1.24 bits per heavy atom. The summed E-state index contributed by atoms with van der Waals surface area (Å²) in [4.78, 5) is 0.201. The Morgan fingerprint density at radius 1 is 0.697 bits per heavy atom. The van der Waals surface area contributed by atoms with E-state index in [1.807, 2.05) is 0 Å². The Kier molecular flexibility index (Phi) is 12.7. The van der Waals surface area contributed by atoms with Crippen LogP contribution in [0.1, 0.15) is 0 Å². The first-order chi connectivity index (χ1) is 15.6. The second-order valence-electron chi connectivity index (χ2n) is 6.58. The molecule has 0 aliphatic carbocycles. The van der Waals surface area contributed by atoms with Crippen LogP contribution < -0.4 is 9.47 Å². The molecule has 0 heterocycles. The summed E-state index contributed by atoms with van der Waals surface area (Å²) in [5.74, 6) is 0.977. The maximum absolute atomic E-state index is 13.4. The van der Waals surface area contributed by atoms with E-state index in [0.717, 1.165) is 0 Å². The zero-order valence-corrected chi connectivity index (χ0v) is 27.8. The molecular weight excluding hydrogens is 848 g/mol. The summed E-state index contributed by atoms with van der Waals surface area (Å²) in [6.07, 6.45) is -0.285. The monoisotopic (exact) mass is 862 g/mol. The van der Waals surface area contributed by atoms with E-state index in [1.54, 1.807) is 14.2 Å². The van der Waals surface area contributed by atoms with Gasteiger partial charge in [0.2, 0.25) is 9.84 Å². The number of alkyl halides is 2. The van der Waals surface area contributed by atoms with E-state index in [-0.39, 0.29) is 22.0 Å². The lowest BCUT2D eigenvalue weighted by molar-refractivity contribution is 0.0752. The Hall–Kier alpha value is 0.790. The van der Waals surface area contributed by atoms with Gasteiger partial charge < -0.3 is 18.9 Å². The molecule has 2 rings (SSSR count). The quantitative estimate of drug-likeness (QED) is 0.212. The summed E-state index contributed by atoms with van der Waals surface area (Å²) in [6, 6.07) is 6.04. The molecule has 0 aliphatic heterocycles. The Balaban J connectivity index is 2.34. The summed E-state index contributed by atoms with van der Waals surface area (Å²) >= 11 is 20.4. The molecule has 0 fully saturated rings. The van der Waals surface area contributed by atoms with Crippen LogP contribution in [0.5, 0.6) is 11.5 Å². The van der Waals surface area contributed by atoms with Gasteiger partial charge in [-0.15, -0.1) is 0 Å². The van der Waals surface area contributed by atoms with E-state index in [4.69, 9.17) is 18.9 Å². The van der Waals surface area contributed by atoms with Gasteiger partial charge in [0.05, 0.1) is 27.7 Å². The maximum atomic E-state index is 13.4. The zero-order chi connectivity index (χ0) is 24.8. The predicted octanol–water partition coefficient (Wildman–Crippen LogP) is 7.15. The van der Waals surface area contributed by atoms with Gasteiger partial charge in [0.25, 0.3) is 0 Å². The van der Waals surface area contributed by atoms with Crippen molar-refractivity contribution in [1.82, 2.24) is 0 Å². The van der Waals surface area contributed by atoms with Crippen LogP contribution in [-0.4, -0.2) is 58.7 Å². The van der Waals surface area contributed by atoms with Crippen molar-refractivity contribution in [2.45, 2.75) is 22.0 Å². The van der Waals surface area contributed by atoms with Crippen molar-refractivity contribution in [3.63, 3.8) is 0 Å². The van der Waals surface area contributed by atoms with E-state index in [2.05, 4.69) is 95.6 Å².